The van der Waals surface area contributed by atoms with Crippen LogP contribution in [-0.4, -0.2) is 40.5 Å². The molecule has 0 spiro atoms. The predicted molar refractivity (Wildman–Crippen MR) is 113 cm³/mol. The van der Waals surface area contributed by atoms with Gasteiger partial charge < -0.3 is 20.9 Å². The molecule has 32 heavy (non-hydrogen) atoms. The Bertz CT molecular complexity index is 935. The van der Waals surface area contributed by atoms with Crippen molar-refractivity contribution >= 4 is 23.8 Å². The second kappa shape index (κ2) is 12.0. The Hall–Kier alpha value is -3.99. The minimum atomic E-state index is -0.983. The van der Waals surface area contributed by atoms with Gasteiger partial charge in [0.15, 0.2) is 0 Å². The molecule has 2 rings (SSSR count). The number of esters is 1. The van der Waals surface area contributed by atoms with Crippen molar-refractivity contribution in [2.24, 2.45) is 11.5 Å². The summed E-state index contributed by atoms with van der Waals surface area (Å²) in [5.74, 6) is -0.680. The monoisotopic (exact) mass is 444 g/mol. The number of imide groups is 1. The predicted octanol–water partition coefficient (Wildman–Crippen LogP) is 2.46. The van der Waals surface area contributed by atoms with Crippen LogP contribution in [0.15, 0.2) is 54.6 Å². The number of rotatable bonds is 10. The highest BCUT2D eigenvalue weighted by Crippen LogP contribution is 2.13. The molecule has 1 atom stereocenters. The molecule has 0 aliphatic carbocycles. The van der Waals surface area contributed by atoms with E-state index in [1.807, 2.05) is 6.07 Å². The number of nitro benzene ring substituents is 1. The van der Waals surface area contributed by atoms with Gasteiger partial charge in [0.2, 0.25) is 0 Å². The van der Waals surface area contributed by atoms with E-state index >= 15 is 0 Å². The number of benzene rings is 2. The van der Waals surface area contributed by atoms with Crippen molar-refractivity contribution in [3.8, 4) is 0 Å². The van der Waals surface area contributed by atoms with E-state index in [-0.39, 0.29) is 38.3 Å². The van der Waals surface area contributed by atoms with E-state index in [9.17, 15) is 24.5 Å². The Balaban J connectivity index is 1.75. The first-order valence-electron chi connectivity index (χ1n) is 9.71. The van der Waals surface area contributed by atoms with Gasteiger partial charge in [-0.15, -0.1) is 0 Å². The molecule has 0 saturated heterocycles. The van der Waals surface area contributed by atoms with Crippen LogP contribution in [-0.2, 0) is 27.5 Å². The van der Waals surface area contributed by atoms with Gasteiger partial charge in [0, 0.05) is 18.7 Å². The summed E-state index contributed by atoms with van der Waals surface area (Å²) in [4.78, 5) is 46.6. The van der Waals surface area contributed by atoms with Crippen LogP contribution in [0.4, 0.5) is 15.3 Å². The highest BCUT2D eigenvalue weighted by Gasteiger charge is 2.22. The van der Waals surface area contributed by atoms with E-state index in [4.69, 9.17) is 20.9 Å². The lowest BCUT2D eigenvalue weighted by Crippen LogP contribution is -2.42. The normalized spacial score (nSPS) is 11.3. The SMILES string of the molecule is NC(=O)N(CCC[C@H](N)C(=O)OCc1ccc([N+](=O)[O-])cc1)C(=O)OCc1ccccc1. The summed E-state index contributed by atoms with van der Waals surface area (Å²) < 4.78 is 10.2. The average molecular weight is 444 g/mol. The van der Waals surface area contributed by atoms with Crippen molar-refractivity contribution in [3.05, 3.63) is 75.8 Å². The molecule has 0 heterocycles. The number of urea groups is 1. The van der Waals surface area contributed by atoms with E-state index < -0.39 is 29.1 Å². The molecule has 0 aromatic heterocycles. The smallest absolute Gasteiger partial charge is 0.418 e. The maximum absolute atomic E-state index is 12.1. The molecule has 2 aromatic rings. The third-order valence-corrected chi connectivity index (χ3v) is 4.42. The third-order valence-electron chi connectivity index (χ3n) is 4.42. The molecule has 0 bridgehead atoms. The van der Waals surface area contributed by atoms with Crippen LogP contribution in [0.25, 0.3) is 0 Å². The zero-order chi connectivity index (χ0) is 23.5. The number of nitrogens with two attached hydrogens (primary N) is 2. The van der Waals surface area contributed by atoms with Crippen LogP contribution in [0, 0.1) is 10.1 Å². The minimum Gasteiger partial charge on any atom is -0.460 e. The molecule has 4 N–H and O–H groups in total. The second-order valence-electron chi connectivity index (χ2n) is 6.81. The number of hydrogen-bond donors (Lipinski definition) is 2. The quantitative estimate of drug-likeness (QED) is 0.320. The fourth-order valence-corrected chi connectivity index (χ4v) is 2.65. The average Bonchev–Trinajstić information content (AvgIpc) is 2.79. The van der Waals surface area contributed by atoms with Gasteiger partial charge in [-0.3, -0.25) is 14.9 Å². The van der Waals surface area contributed by atoms with Gasteiger partial charge >= 0.3 is 18.1 Å². The van der Waals surface area contributed by atoms with Gasteiger partial charge in [-0.25, -0.2) is 14.5 Å². The topological polar surface area (TPSA) is 168 Å². The van der Waals surface area contributed by atoms with Gasteiger partial charge in [0.1, 0.15) is 19.3 Å². The zero-order valence-electron chi connectivity index (χ0n) is 17.2. The minimum absolute atomic E-state index is 0.0159. The van der Waals surface area contributed by atoms with Crippen LogP contribution < -0.4 is 11.5 Å². The van der Waals surface area contributed by atoms with Crippen LogP contribution in [0.1, 0.15) is 24.0 Å². The van der Waals surface area contributed by atoms with Crippen molar-refractivity contribution in [3.63, 3.8) is 0 Å². The van der Waals surface area contributed by atoms with Crippen molar-refractivity contribution in [2.75, 3.05) is 6.54 Å². The molecule has 0 fully saturated rings. The van der Waals surface area contributed by atoms with Gasteiger partial charge in [0.05, 0.1) is 4.92 Å². The number of hydrogen-bond acceptors (Lipinski definition) is 8. The largest absolute Gasteiger partial charge is 0.460 e. The van der Waals surface area contributed by atoms with E-state index in [2.05, 4.69) is 0 Å². The number of carbonyl (C=O) groups excluding carboxylic acids is 3. The molecule has 11 nitrogen and oxygen atoms in total. The van der Waals surface area contributed by atoms with Crippen LogP contribution in [0.2, 0.25) is 0 Å². The number of ether oxygens (including phenoxy) is 2. The fraction of sp³-hybridized carbons (Fsp3) is 0.286. The van der Waals surface area contributed by atoms with Crippen molar-refractivity contribution in [1.29, 1.82) is 0 Å². The van der Waals surface area contributed by atoms with E-state index in [1.54, 1.807) is 24.3 Å². The van der Waals surface area contributed by atoms with Crippen molar-refractivity contribution in [2.45, 2.75) is 32.1 Å². The molecule has 0 saturated carbocycles. The van der Waals surface area contributed by atoms with Crippen LogP contribution in [0.3, 0.4) is 0 Å². The summed E-state index contributed by atoms with van der Waals surface area (Å²) in [6, 6.07) is 12.5. The van der Waals surface area contributed by atoms with E-state index in [1.165, 1.54) is 24.3 Å². The summed E-state index contributed by atoms with van der Waals surface area (Å²) in [5.41, 5.74) is 12.3. The Morgan fingerprint density at radius 3 is 2.16 bits per heavy atom. The van der Waals surface area contributed by atoms with Gasteiger partial charge in [-0.05, 0) is 36.1 Å². The molecule has 170 valence electrons. The Morgan fingerprint density at radius 1 is 0.969 bits per heavy atom. The Labute approximate surface area is 184 Å². The summed E-state index contributed by atoms with van der Waals surface area (Å²) in [7, 11) is 0. The number of nitro groups is 1. The molecule has 3 amide bonds. The highest BCUT2D eigenvalue weighted by molar-refractivity contribution is 5.89. The molecule has 2 aromatic carbocycles. The molecule has 11 heteroatoms. The summed E-state index contributed by atoms with van der Waals surface area (Å²) >= 11 is 0. The fourth-order valence-electron chi connectivity index (χ4n) is 2.65. The standard InChI is InChI=1S/C21H24N4O7/c22-18(19(26)31-13-16-8-10-17(11-9-16)25(29)30)7-4-12-24(20(23)27)21(28)32-14-15-5-2-1-3-6-15/h1-3,5-6,8-11,18H,4,7,12-14,22H2,(H2,23,27)/t18-/m0/s1. The number of primary amides is 1. The van der Waals surface area contributed by atoms with Gasteiger partial charge in [-0.1, -0.05) is 30.3 Å². The molecule has 0 aliphatic rings. The second-order valence-corrected chi connectivity index (χ2v) is 6.81. The first-order chi connectivity index (χ1) is 15.3. The first kappa shape index (κ1) is 24.3. The highest BCUT2D eigenvalue weighted by atomic mass is 16.6. The summed E-state index contributed by atoms with van der Waals surface area (Å²) in [6.45, 7) is -0.187. The molecule has 0 radical (unpaired) electrons. The summed E-state index contributed by atoms with van der Waals surface area (Å²) in [6.07, 6.45) is -0.554. The number of non-ortho nitro benzene ring substituents is 1. The maximum atomic E-state index is 12.1. The van der Waals surface area contributed by atoms with Gasteiger partial charge in [0.25, 0.3) is 5.69 Å². The number of nitrogens with zero attached hydrogens (tertiary/aromatic N) is 2. The Morgan fingerprint density at radius 2 is 1.56 bits per heavy atom. The first-order valence-corrected chi connectivity index (χ1v) is 9.71. The lowest BCUT2D eigenvalue weighted by Gasteiger charge is -2.19. The van der Waals surface area contributed by atoms with Gasteiger partial charge in [-0.2, -0.15) is 0 Å². The van der Waals surface area contributed by atoms with E-state index in [0.29, 0.717) is 5.56 Å². The lowest BCUT2D eigenvalue weighted by molar-refractivity contribution is -0.384. The molecule has 0 aliphatic heterocycles. The number of carbonyl (C=O) groups is 3. The molecular weight excluding hydrogens is 420 g/mol. The maximum Gasteiger partial charge on any atom is 0.418 e. The number of amides is 3. The van der Waals surface area contributed by atoms with Crippen LogP contribution >= 0.6 is 0 Å². The van der Waals surface area contributed by atoms with E-state index in [0.717, 1.165) is 10.5 Å². The molecule has 0 unspecified atom stereocenters. The van der Waals surface area contributed by atoms with Crippen molar-refractivity contribution in [1.82, 2.24) is 4.90 Å². The summed E-state index contributed by atoms with van der Waals surface area (Å²) in [5, 5.41) is 10.6. The van der Waals surface area contributed by atoms with Crippen LogP contribution in [0.5, 0.6) is 0 Å². The Kier molecular flexibility index (Phi) is 9.11. The van der Waals surface area contributed by atoms with Crippen molar-refractivity contribution < 1.29 is 28.8 Å². The zero-order valence-corrected chi connectivity index (χ0v) is 17.2. The molecular formula is C21H24N4O7. The third kappa shape index (κ3) is 7.69. The lowest BCUT2D eigenvalue weighted by atomic mass is 10.1.